The molecule has 1 saturated carbocycles. The van der Waals surface area contributed by atoms with Crippen molar-refractivity contribution in [3.8, 4) is 0 Å². The van der Waals surface area contributed by atoms with Crippen LogP contribution in [-0.4, -0.2) is 0 Å². The molecule has 0 aromatic heterocycles. The monoisotopic (exact) mass is 302 g/mol. The topological polar surface area (TPSA) is 0 Å². The van der Waals surface area contributed by atoms with E-state index in [1.165, 1.54) is 50.5 Å². The molecule has 0 heterocycles. The highest BCUT2D eigenvalue weighted by atomic mass is 14.4. The summed E-state index contributed by atoms with van der Waals surface area (Å²) in [7, 11) is 0. The minimum atomic E-state index is 0.440. The first-order valence-electron chi connectivity index (χ1n) is 9.43. The van der Waals surface area contributed by atoms with Gasteiger partial charge in [0.1, 0.15) is 0 Å². The lowest BCUT2D eigenvalue weighted by molar-refractivity contribution is 0.181. The molecule has 2 rings (SSSR count). The molecule has 0 amide bonds. The van der Waals surface area contributed by atoms with Crippen LogP contribution in [0.5, 0.6) is 0 Å². The maximum atomic E-state index is 4.47. The minimum absolute atomic E-state index is 0.440. The van der Waals surface area contributed by atoms with Crippen molar-refractivity contribution in [1.29, 1.82) is 0 Å². The van der Waals surface area contributed by atoms with Crippen LogP contribution in [-0.2, 0) is 0 Å². The summed E-state index contributed by atoms with van der Waals surface area (Å²) in [4.78, 5) is 0. The van der Waals surface area contributed by atoms with Gasteiger partial charge in [-0.25, -0.2) is 0 Å². The molecule has 0 N–H and O–H groups in total. The van der Waals surface area contributed by atoms with E-state index in [2.05, 4.69) is 54.2 Å². The molecule has 0 unspecified atom stereocenters. The van der Waals surface area contributed by atoms with Crippen LogP contribution >= 0.6 is 0 Å². The summed E-state index contributed by atoms with van der Waals surface area (Å²) >= 11 is 0. The van der Waals surface area contributed by atoms with Gasteiger partial charge in [-0.3, -0.25) is 0 Å². The van der Waals surface area contributed by atoms with Crippen molar-refractivity contribution < 1.29 is 0 Å². The Hall–Kier alpha value is -0.520. The van der Waals surface area contributed by atoms with Crippen LogP contribution in [0.2, 0.25) is 0 Å². The predicted molar refractivity (Wildman–Crippen MR) is 98.9 cm³/mol. The van der Waals surface area contributed by atoms with Gasteiger partial charge in [0.05, 0.1) is 0 Å². The summed E-state index contributed by atoms with van der Waals surface area (Å²) < 4.78 is 0. The van der Waals surface area contributed by atoms with Crippen molar-refractivity contribution in [1.82, 2.24) is 0 Å². The number of rotatable bonds is 2. The van der Waals surface area contributed by atoms with Gasteiger partial charge in [-0.1, -0.05) is 65.3 Å². The van der Waals surface area contributed by atoms with Gasteiger partial charge in [-0.15, -0.1) is 0 Å². The number of hydrogen-bond acceptors (Lipinski definition) is 0. The standard InChI is InChI=1S/C22H38/c1-16-13-20(22(5,6)7)12-11-18(16)14-17-9-8-10-19(15-17)21(2,3)4/h9,18-20H,1,8,10-15H2,2-7H3/t18-,19+,20+/m0/s1. The lowest BCUT2D eigenvalue weighted by Crippen LogP contribution is -2.28. The highest BCUT2D eigenvalue weighted by Gasteiger charge is 2.33. The Balaban J connectivity index is 1.92. The largest absolute Gasteiger partial charge is 0.0996 e. The molecule has 0 aliphatic heterocycles. The van der Waals surface area contributed by atoms with Gasteiger partial charge in [-0.2, -0.15) is 0 Å². The normalized spacial score (nSPS) is 31.1. The summed E-state index contributed by atoms with van der Waals surface area (Å²) in [5.41, 5.74) is 4.16. The first kappa shape index (κ1) is 17.8. The number of hydrogen-bond donors (Lipinski definition) is 0. The average molecular weight is 303 g/mol. The zero-order chi connectivity index (χ0) is 16.5. The molecule has 22 heavy (non-hydrogen) atoms. The Bertz CT molecular complexity index is 424. The first-order valence-corrected chi connectivity index (χ1v) is 9.43. The fraction of sp³-hybridized carbons (Fsp3) is 0.818. The van der Waals surface area contributed by atoms with Crippen molar-refractivity contribution >= 4 is 0 Å². The summed E-state index contributed by atoms with van der Waals surface area (Å²) in [6.45, 7) is 18.9. The molecule has 2 aliphatic carbocycles. The molecule has 0 aromatic carbocycles. The second-order valence-corrected chi connectivity index (χ2v) is 10.1. The van der Waals surface area contributed by atoms with E-state index in [0.717, 1.165) is 17.8 Å². The quantitative estimate of drug-likeness (QED) is 0.474. The Morgan fingerprint density at radius 1 is 0.909 bits per heavy atom. The van der Waals surface area contributed by atoms with E-state index in [0.29, 0.717) is 10.8 Å². The Morgan fingerprint density at radius 2 is 1.50 bits per heavy atom. The summed E-state index contributed by atoms with van der Waals surface area (Å²) in [5, 5.41) is 0. The van der Waals surface area contributed by atoms with Crippen molar-refractivity contribution in [3.05, 3.63) is 23.8 Å². The maximum Gasteiger partial charge on any atom is -0.0168 e. The Labute approximate surface area is 139 Å². The third-order valence-electron chi connectivity index (χ3n) is 6.36. The van der Waals surface area contributed by atoms with Gasteiger partial charge in [0, 0.05) is 0 Å². The highest BCUT2D eigenvalue weighted by Crippen LogP contribution is 2.45. The van der Waals surface area contributed by atoms with Crippen LogP contribution in [0.3, 0.4) is 0 Å². The lowest BCUT2D eigenvalue weighted by Gasteiger charge is -2.40. The fourth-order valence-corrected chi connectivity index (χ4v) is 4.39. The van der Waals surface area contributed by atoms with E-state index >= 15 is 0 Å². The van der Waals surface area contributed by atoms with Crippen LogP contribution in [0.15, 0.2) is 23.8 Å². The van der Waals surface area contributed by atoms with Crippen molar-refractivity contribution in [2.75, 3.05) is 0 Å². The molecule has 0 radical (unpaired) electrons. The van der Waals surface area contributed by atoms with Crippen molar-refractivity contribution in [2.45, 2.75) is 86.5 Å². The van der Waals surface area contributed by atoms with Gasteiger partial charge in [0.15, 0.2) is 0 Å². The number of allylic oxidation sites excluding steroid dienone is 3. The molecule has 0 heteroatoms. The SMILES string of the molecule is C=C1C[C@H](C(C)(C)C)CC[C@H]1CC1=CCC[C@@H](C(C)(C)C)C1. The smallest absolute Gasteiger partial charge is 0.0168 e. The first-order chi connectivity index (χ1) is 10.1. The summed E-state index contributed by atoms with van der Waals surface area (Å²) in [6.07, 6.45) is 11.8. The van der Waals surface area contributed by atoms with E-state index in [9.17, 15) is 0 Å². The Kier molecular flexibility index (Phi) is 5.30. The van der Waals surface area contributed by atoms with Crippen LogP contribution < -0.4 is 0 Å². The molecule has 0 nitrogen and oxygen atoms in total. The summed E-state index contributed by atoms with van der Waals surface area (Å²) in [6, 6.07) is 0. The van der Waals surface area contributed by atoms with Gasteiger partial charge in [-0.05, 0) is 73.5 Å². The van der Waals surface area contributed by atoms with Gasteiger partial charge < -0.3 is 0 Å². The second kappa shape index (κ2) is 6.54. The summed E-state index contributed by atoms with van der Waals surface area (Å²) in [5.74, 6) is 2.45. The van der Waals surface area contributed by atoms with Gasteiger partial charge >= 0.3 is 0 Å². The maximum absolute atomic E-state index is 4.47. The van der Waals surface area contributed by atoms with Crippen molar-refractivity contribution in [3.63, 3.8) is 0 Å². The molecular weight excluding hydrogens is 264 g/mol. The zero-order valence-electron chi connectivity index (χ0n) is 16.0. The second-order valence-electron chi connectivity index (χ2n) is 10.1. The van der Waals surface area contributed by atoms with Crippen LogP contribution in [0.4, 0.5) is 0 Å². The van der Waals surface area contributed by atoms with Gasteiger partial charge in [0.25, 0.3) is 0 Å². The fourth-order valence-electron chi connectivity index (χ4n) is 4.39. The molecule has 0 aromatic rings. The minimum Gasteiger partial charge on any atom is -0.0996 e. The molecule has 2 aliphatic rings. The molecule has 3 atom stereocenters. The highest BCUT2D eigenvalue weighted by molar-refractivity contribution is 5.16. The molecule has 126 valence electrons. The Morgan fingerprint density at radius 3 is 2.05 bits per heavy atom. The molecule has 0 bridgehead atoms. The average Bonchev–Trinajstić information content (AvgIpc) is 2.39. The van der Waals surface area contributed by atoms with E-state index in [-0.39, 0.29) is 0 Å². The third kappa shape index (κ3) is 4.49. The van der Waals surface area contributed by atoms with Gasteiger partial charge in [0.2, 0.25) is 0 Å². The predicted octanol–water partition coefficient (Wildman–Crippen LogP) is 7.17. The van der Waals surface area contributed by atoms with E-state index in [1.54, 1.807) is 5.57 Å². The molecule has 0 saturated heterocycles. The van der Waals surface area contributed by atoms with Crippen molar-refractivity contribution in [2.24, 2.45) is 28.6 Å². The van der Waals surface area contributed by atoms with Crippen LogP contribution in [0, 0.1) is 28.6 Å². The van der Waals surface area contributed by atoms with Crippen LogP contribution in [0.25, 0.3) is 0 Å². The van der Waals surface area contributed by atoms with E-state index < -0.39 is 0 Å². The van der Waals surface area contributed by atoms with E-state index in [4.69, 9.17) is 0 Å². The molecule has 1 fully saturated rings. The third-order valence-corrected chi connectivity index (χ3v) is 6.36. The van der Waals surface area contributed by atoms with E-state index in [1.807, 2.05) is 0 Å². The molecular formula is C22H38. The zero-order valence-corrected chi connectivity index (χ0v) is 16.0. The molecule has 0 spiro atoms. The lowest BCUT2D eigenvalue weighted by atomic mass is 9.66. The van der Waals surface area contributed by atoms with Crippen LogP contribution in [0.1, 0.15) is 86.5 Å².